The van der Waals surface area contributed by atoms with Gasteiger partial charge in [-0.15, -0.1) is 0 Å². The molecule has 19 heavy (non-hydrogen) atoms. The number of halogens is 1. The van der Waals surface area contributed by atoms with Crippen LogP contribution < -0.4 is 5.73 Å². The Labute approximate surface area is 111 Å². The third-order valence-corrected chi connectivity index (χ3v) is 3.88. The lowest BCUT2D eigenvalue weighted by Gasteiger charge is -2.20. The average molecular weight is 260 g/mol. The van der Waals surface area contributed by atoms with Crippen molar-refractivity contribution < 1.29 is 8.91 Å². The molecule has 0 bridgehead atoms. The molecule has 1 heterocycles. The molecule has 0 radical (unpaired) electrons. The molecular weight excluding hydrogens is 243 g/mol. The van der Waals surface area contributed by atoms with E-state index in [1.165, 1.54) is 25.3 Å². The van der Waals surface area contributed by atoms with E-state index in [4.69, 9.17) is 10.3 Å². The van der Waals surface area contributed by atoms with Gasteiger partial charge in [-0.3, -0.25) is 0 Å². The van der Waals surface area contributed by atoms with Crippen LogP contribution >= 0.6 is 0 Å². The topological polar surface area (TPSA) is 52.0 Å². The molecule has 1 saturated carbocycles. The van der Waals surface area contributed by atoms with E-state index < -0.39 is 0 Å². The molecule has 0 amide bonds. The zero-order chi connectivity index (χ0) is 13.2. The molecule has 4 heteroatoms. The van der Waals surface area contributed by atoms with E-state index in [9.17, 15) is 4.39 Å². The van der Waals surface area contributed by atoms with Gasteiger partial charge in [0, 0.05) is 11.5 Å². The Bertz CT molecular complexity index is 573. The van der Waals surface area contributed by atoms with Gasteiger partial charge in [-0.25, -0.2) is 4.39 Å². The third kappa shape index (κ3) is 2.23. The van der Waals surface area contributed by atoms with Gasteiger partial charge in [0.1, 0.15) is 5.82 Å². The summed E-state index contributed by atoms with van der Waals surface area (Å²) < 4.78 is 19.1. The van der Waals surface area contributed by atoms with E-state index in [0.29, 0.717) is 17.0 Å². The molecule has 1 aliphatic rings. The van der Waals surface area contributed by atoms with Gasteiger partial charge in [0.15, 0.2) is 0 Å². The van der Waals surface area contributed by atoms with Gasteiger partial charge in [0.25, 0.3) is 0 Å². The quantitative estimate of drug-likeness (QED) is 0.884. The molecule has 0 atom stereocenters. The monoisotopic (exact) mass is 260 g/mol. The molecule has 0 spiro atoms. The lowest BCUT2D eigenvalue weighted by atomic mass is 9.84. The van der Waals surface area contributed by atoms with Crippen LogP contribution in [0, 0.1) is 5.82 Å². The highest BCUT2D eigenvalue weighted by molar-refractivity contribution is 5.76. The van der Waals surface area contributed by atoms with E-state index >= 15 is 0 Å². The number of nitrogen functional groups attached to an aromatic ring is 1. The standard InChI is InChI=1S/C15H17FN2O/c16-12-9-5-4-8-11(12)13-14(18-19-15(13)17)10-6-2-1-3-7-10/h4-5,8-10H,1-3,6-7,17H2. The number of nitrogens with two attached hydrogens (primary N) is 1. The van der Waals surface area contributed by atoms with Crippen molar-refractivity contribution in [1.29, 1.82) is 0 Å². The number of anilines is 1. The Kier molecular flexibility index (Phi) is 3.23. The van der Waals surface area contributed by atoms with Crippen molar-refractivity contribution in [3.05, 3.63) is 35.8 Å². The summed E-state index contributed by atoms with van der Waals surface area (Å²) in [6.07, 6.45) is 5.79. The van der Waals surface area contributed by atoms with Crippen LogP contribution in [-0.2, 0) is 0 Å². The third-order valence-electron chi connectivity index (χ3n) is 3.88. The van der Waals surface area contributed by atoms with Crippen LogP contribution in [0.4, 0.5) is 10.3 Å². The maximum Gasteiger partial charge on any atom is 0.230 e. The van der Waals surface area contributed by atoms with Gasteiger partial charge in [-0.1, -0.05) is 42.6 Å². The van der Waals surface area contributed by atoms with Gasteiger partial charge in [-0.05, 0) is 18.9 Å². The van der Waals surface area contributed by atoms with Crippen LogP contribution in [0.25, 0.3) is 11.1 Å². The fourth-order valence-electron chi connectivity index (χ4n) is 2.91. The maximum absolute atomic E-state index is 14.0. The first kappa shape index (κ1) is 12.2. The summed E-state index contributed by atoms with van der Waals surface area (Å²) in [6.45, 7) is 0. The zero-order valence-electron chi connectivity index (χ0n) is 10.7. The van der Waals surface area contributed by atoms with Gasteiger partial charge in [0.05, 0.1) is 11.3 Å². The molecule has 1 fully saturated rings. The molecule has 1 aromatic carbocycles. The number of benzene rings is 1. The minimum Gasteiger partial charge on any atom is -0.367 e. The van der Waals surface area contributed by atoms with Crippen LogP contribution in [0.15, 0.2) is 28.8 Å². The predicted octanol–water partition coefficient (Wildman–Crippen LogP) is 4.11. The minimum absolute atomic E-state index is 0.214. The molecule has 0 aliphatic heterocycles. The highest BCUT2D eigenvalue weighted by atomic mass is 19.1. The first-order valence-corrected chi connectivity index (χ1v) is 6.77. The smallest absolute Gasteiger partial charge is 0.230 e. The molecule has 3 nitrogen and oxygen atoms in total. The lowest BCUT2D eigenvalue weighted by Crippen LogP contribution is -2.06. The van der Waals surface area contributed by atoms with Crippen molar-refractivity contribution in [1.82, 2.24) is 5.16 Å². The summed E-state index contributed by atoms with van der Waals surface area (Å²) in [5, 5.41) is 4.09. The van der Waals surface area contributed by atoms with E-state index in [1.54, 1.807) is 18.2 Å². The lowest BCUT2D eigenvalue weighted by molar-refractivity contribution is 0.388. The van der Waals surface area contributed by atoms with E-state index in [-0.39, 0.29) is 11.7 Å². The summed E-state index contributed by atoms with van der Waals surface area (Å²) in [5.74, 6) is 0.268. The first-order valence-electron chi connectivity index (χ1n) is 6.77. The Morgan fingerprint density at radius 2 is 1.89 bits per heavy atom. The number of hydrogen-bond acceptors (Lipinski definition) is 3. The molecule has 0 unspecified atom stereocenters. The number of hydrogen-bond donors (Lipinski definition) is 1. The fourth-order valence-corrected chi connectivity index (χ4v) is 2.91. The van der Waals surface area contributed by atoms with Crippen molar-refractivity contribution in [2.45, 2.75) is 38.0 Å². The van der Waals surface area contributed by atoms with E-state index in [0.717, 1.165) is 18.5 Å². The Morgan fingerprint density at radius 1 is 1.16 bits per heavy atom. The summed E-state index contributed by atoms with van der Waals surface area (Å²) in [5.41, 5.74) is 7.81. The fraction of sp³-hybridized carbons (Fsp3) is 0.400. The second-order valence-corrected chi connectivity index (χ2v) is 5.12. The molecule has 1 aliphatic carbocycles. The predicted molar refractivity (Wildman–Crippen MR) is 72.1 cm³/mol. The minimum atomic E-state index is -0.283. The number of rotatable bonds is 2. The van der Waals surface area contributed by atoms with Crippen molar-refractivity contribution in [2.24, 2.45) is 0 Å². The van der Waals surface area contributed by atoms with Crippen LogP contribution in [0.5, 0.6) is 0 Å². The van der Waals surface area contributed by atoms with E-state index in [1.807, 2.05) is 0 Å². The Morgan fingerprint density at radius 3 is 2.63 bits per heavy atom. The second-order valence-electron chi connectivity index (χ2n) is 5.12. The van der Waals surface area contributed by atoms with Crippen molar-refractivity contribution in [2.75, 3.05) is 5.73 Å². The maximum atomic E-state index is 14.0. The van der Waals surface area contributed by atoms with Crippen LogP contribution in [0.3, 0.4) is 0 Å². The zero-order valence-corrected chi connectivity index (χ0v) is 10.7. The molecule has 2 N–H and O–H groups in total. The Hall–Kier alpha value is -1.84. The van der Waals surface area contributed by atoms with Crippen molar-refractivity contribution in [3.63, 3.8) is 0 Å². The first-order chi connectivity index (χ1) is 9.27. The molecule has 1 aromatic heterocycles. The van der Waals surface area contributed by atoms with Crippen molar-refractivity contribution in [3.8, 4) is 11.1 Å². The van der Waals surface area contributed by atoms with E-state index in [2.05, 4.69) is 5.16 Å². The average Bonchev–Trinajstić information content (AvgIpc) is 2.82. The molecule has 3 rings (SSSR count). The molecule has 0 saturated heterocycles. The summed E-state index contributed by atoms with van der Waals surface area (Å²) in [7, 11) is 0. The van der Waals surface area contributed by atoms with Gasteiger partial charge >= 0.3 is 0 Å². The van der Waals surface area contributed by atoms with Gasteiger partial charge < -0.3 is 10.3 Å². The normalized spacial score (nSPS) is 16.7. The molecule has 2 aromatic rings. The molecule has 100 valence electrons. The van der Waals surface area contributed by atoms with Gasteiger partial charge in [-0.2, -0.15) is 0 Å². The van der Waals surface area contributed by atoms with Crippen LogP contribution in [-0.4, -0.2) is 5.16 Å². The summed E-state index contributed by atoms with van der Waals surface area (Å²) in [6, 6.07) is 6.63. The van der Waals surface area contributed by atoms with Crippen LogP contribution in [0.2, 0.25) is 0 Å². The summed E-state index contributed by atoms with van der Waals surface area (Å²) >= 11 is 0. The number of aromatic nitrogens is 1. The van der Waals surface area contributed by atoms with Crippen molar-refractivity contribution >= 4 is 5.88 Å². The summed E-state index contributed by atoms with van der Waals surface area (Å²) in [4.78, 5) is 0. The second kappa shape index (κ2) is 5.03. The number of nitrogens with zero attached hydrogens (tertiary/aromatic N) is 1. The molecular formula is C15H17FN2O. The Balaban J connectivity index is 2.06. The highest BCUT2D eigenvalue weighted by Crippen LogP contribution is 2.40. The largest absolute Gasteiger partial charge is 0.367 e. The van der Waals surface area contributed by atoms with Gasteiger partial charge in [0.2, 0.25) is 5.88 Å². The van der Waals surface area contributed by atoms with Crippen LogP contribution in [0.1, 0.15) is 43.7 Å². The SMILES string of the molecule is Nc1onc(C2CCCCC2)c1-c1ccccc1F. The highest BCUT2D eigenvalue weighted by Gasteiger charge is 2.26.